The van der Waals surface area contributed by atoms with Gasteiger partial charge in [0, 0.05) is 23.1 Å². The first-order valence-electron chi connectivity index (χ1n) is 11.6. The number of allylic oxidation sites excluding steroid dienone is 2. The Morgan fingerprint density at radius 3 is 2.59 bits per heavy atom. The molecule has 3 rings (SSSR count). The molecule has 0 spiro atoms. The molecule has 1 heterocycles. The highest BCUT2D eigenvalue weighted by Crippen LogP contribution is 2.25. The second kappa shape index (κ2) is 13.5. The van der Waals surface area contributed by atoms with Crippen LogP contribution in [0.3, 0.4) is 0 Å². The molecule has 0 saturated carbocycles. The van der Waals surface area contributed by atoms with E-state index in [1.807, 2.05) is 71.0 Å². The normalized spacial score (nSPS) is 17.1. The lowest BCUT2D eigenvalue weighted by Gasteiger charge is -2.17. The van der Waals surface area contributed by atoms with Gasteiger partial charge in [-0.05, 0) is 88.9 Å². The van der Waals surface area contributed by atoms with E-state index in [0.29, 0.717) is 10.9 Å². The van der Waals surface area contributed by atoms with E-state index in [1.165, 1.54) is 5.56 Å². The second-order valence-corrected chi connectivity index (χ2v) is 8.70. The first-order valence-corrected chi connectivity index (χ1v) is 11.9. The van der Waals surface area contributed by atoms with Gasteiger partial charge in [0.1, 0.15) is 12.0 Å². The largest absolute Gasteiger partial charge is 0.364 e. The van der Waals surface area contributed by atoms with Crippen LogP contribution in [0.1, 0.15) is 45.7 Å². The lowest BCUT2D eigenvalue weighted by atomic mass is 10.0. The van der Waals surface area contributed by atoms with Crippen LogP contribution in [0.5, 0.6) is 0 Å². The summed E-state index contributed by atoms with van der Waals surface area (Å²) in [6, 6.07) is 14.0. The molecule has 0 saturated heterocycles. The number of amides is 2. The number of aliphatic imine (C=N–C) groups is 1. The molecule has 34 heavy (non-hydrogen) atoms. The average Bonchev–Trinajstić information content (AvgIpc) is 2.78. The Kier molecular flexibility index (Phi) is 10.7. The van der Waals surface area contributed by atoms with Crippen LogP contribution in [0, 0.1) is 0 Å². The highest BCUT2D eigenvalue weighted by molar-refractivity contribution is 6.44. The number of hydrogen-bond donors (Lipinski definition) is 4. The molecule has 6 nitrogen and oxygen atoms in total. The van der Waals surface area contributed by atoms with Crippen molar-refractivity contribution >= 4 is 40.5 Å². The minimum atomic E-state index is -0.214. The predicted octanol–water partition coefficient (Wildman–Crippen LogP) is 6.92. The van der Waals surface area contributed by atoms with Gasteiger partial charge in [0.05, 0.1) is 5.03 Å². The number of benzene rings is 2. The number of anilines is 3. The first kappa shape index (κ1) is 27.0. The molecule has 7 heteroatoms. The molecule has 4 N–H and O–H groups in total. The minimum Gasteiger partial charge on any atom is -0.364 e. The van der Waals surface area contributed by atoms with Gasteiger partial charge in [0.25, 0.3) is 0 Å². The molecular formula is C27H36ClN5O. The summed E-state index contributed by atoms with van der Waals surface area (Å²) in [5.41, 5.74) is 4.90. The SMILES string of the molecule is C/C=C(Cl)\C1=N/C(C)Nc2cccc(c2)CCc2cc(ccc2NC(=O)NC(C)C)N1.C=CC. The fourth-order valence-electron chi connectivity index (χ4n) is 3.41. The first-order chi connectivity index (χ1) is 16.2. The molecule has 2 amide bonds. The van der Waals surface area contributed by atoms with Crippen molar-refractivity contribution in [1.82, 2.24) is 5.32 Å². The van der Waals surface area contributed by atoms with Crippen molar-refractivity contribution in [3.63, 3.8) is 0 Å². The number of rotatable bonds is 3. The van der Waals surface area contributed by atoms with Crippen LogP contribution in [-0.2, 0) is 12.8 Å². The number of carbonyl (C=O) groups is 1. The molecule has 1 aliphatic heterocycles. The zero-order valence-electron chi connectivity index (χ0n) is 20.7. The smallest absolute Gasteiger partial charge is 0.319 e. The van der Waals surface area contributed by atoms with E-state index in [9.17, 15) is 4.79 Å². The van der Waals surface area contributed by atoms with Gasteiger partial charge in [0.15, 0.2) is 0 Å². The Morgan fingerprint density at radius 2 is 1.91 bits per heavy atom. The lowest BCUT2D eigenvalue weighted by Crippen LogP contribution is -2.34. The summed E-state index contributed by atoms with van der Waals surface area (Å²) in [6.07, 6.45) is 5.01. The molecule has 0 aromatic heterocycles. The number of amidine groups is 1. The summed E-state index contributed by atoms with van der Waals surface area (Å²) in [6.45, 7) is 13.0. The van der Waals surface area contributed by atoms with E-state index in [2.05, 4.69) is 40.0 Å². The number of halogens is 1. The van der Waals surface area contributed by atoms with Crippen molar-refractivity contribution in [3.8, 4) is 0 Å². The van der Waals surface area contributed by atoms with Gasteiger partial charge in [-0.3, -0.25) is 0 Å². The number of hydrogen-bond acceptors (Lipinski definition) is 4. The van der Waals surface area contributed by atoms with Gasteiger partial charge < -0.3 is 21.3 Å². The van der Waals surface area contributed by atoms with Crippen molar-refractivity contribution in [2.24, 2.45) is 4.99 Å². The highest BCUT2D eigenvalue weighted by Gasteiger charge is 2.13. The Hall–Kier alpha value is -3.25. The summed E-state index contributed by atoms with van der Waals surface area (Å²) in [4.78, 5) is 17.0. The molecule has 1 unspecified atom stereocenters. The fraction of sp³-hybridized carbons (Fsp3) is 0.333. The zero-order valence-corrected chi connectivity index (χ0v) is 21.5. The maximum absolute atomic E-state index is 12.3. The monoisotopic (exact) mass is 481 g/mol. The highest BCUT2D eigenvalue weighted by atomic mass is 35.5. The number of nitrogens with one attached hydrogen (secondary N) is 4. The van der Waals surface area contributed by atoms with Crippen molar-refractivity contribution in [1.29, 1.82) is 0 Å². The summed E-state index contributed by atoms with van der Waals surface area (Å²) in [5, 5.41) is 13.1. The van der Waals surface area contributed by atoms with Crippen LogP contribution in [0.25, 0.3) is 0 Å². The number of carbonyl (C=O) groups excluding carboxylic acids is 1. The van der Waals surface area contributed by atoms with Crippen molar-refractivity contribution in [2.45, 2.75) is 59.7 Å². The molecule has 2 aromatic rings. The van der Waals surface area contributed by atoms with Gasteiger partial charge in [-0.15, -0.1) is 6.58 Å². The molecule has 0 fully saturated rings. The van der Waals surface area contributed by atoms with Crippen LogP contribution in [0.4, 0.5) is 21.9 Å². The molecule has 1 atom stereocenters. The van der Waals surface area contributed by atoms with Crippen LogP contribution in [0.2, 0.25) is 0 Å². The number of aryl methyl sites for hydroxylation is 2. The predicted molar refractivity (Wildman–Crippen MR) is 147 cm³/mol. The summed E-state index contributed by atoms with van der Waals surface area (Å²) in [5.74, 6) is 0.587. The van der Waals surface area contributed by atoms with E-state index >= 15 is 0 Å². The third kappa shape index (κ3) is 8.60. The van der Waals surface area contributed by atoms with Crippen LogP contribution in [-0.4, -0.2) is 24.1 Å². The van der Waals surface area contributed by atoms with Crippen LogP contribution >= 0.6 is 11.6 Å². The van der Waals surface area contributed by atoms with Gasteiger partial charge in [0.2, 0.25) is 0 Å². The number of fused-ring (bicyclic) bond motifs is 4. The molecule has 182 valence electrons. The summed E-state index contributed by atoms with van der Waals surface area (Å²) in [7, 11) is 0. The van der Waals surface area contributed by atoms with Crippen LogP contribution < -0.4 is 21.3 Å². The Bertz CT molecular complexity index is 1050. The maximum atomic E-state index is 12.3. The van der Waals surface area contributed by atoms with Crippen molar-refractivity contribution in [2.75, 3.05) is 16.0 Å². The van der Waals surface area contributed by atoms with E-state index in [4.69, 9.17) is 16.6 Å². The van der Waals surface area contributed by atoms with Gasteiger partial charge >= 0.3 is 6.03 Å². The van der Waals surface area contributed by atoms with Gasteiger partial charge in [-0.2, -0.15) is 0 Å². The number of nitrogens with zero attached hydrogens (tertiary/aromatic N) is 1. The molecule has 0 radical (unpaired) electrons. The molecule has 4 bridgehead atoms. The number of urea groups is 1. The Labute approximate surface area is 208 Å². The van der Waals surface area contributed by atoms with Crippen molar-refractivity contribution < 1.29 is 4.79 Å². The quantitative estimate of drug-likeness (QED) is 0.359. The second-order valence-electron chi connectivity index (χ2n) is 8.29. The molecule has 0 aliphatic carbocycles. The molecule has 1 aliphatic rings. The zero-order chi connectivity index (χ0) is 25.1. The minimum absolute atomic E-state index is 0.0602. The lowest BCUT2D eigenvalue weighted by molar-refractivity contribution is 0.250. The Balaban J connectivity index is 0.00000129. The standard InChI is InChI=1S/C24H30ClN5O.C3H6/c1-5-21(25)23-28-16(4)27-19-8-6-7-17(13-19)9-10-18-14-20(29-23)11-12-22(18)30-24(31)26-15(2)3;1-3-2/h5-8,11-16,27H,9-10H2,1-4H3,(H,28,29)(H2,26,30,31);3H,1H2,2H3/b21-5+;. The molecule has 2 aromatic carbocycles. The Morgan fingerprint density at radius 1 is 1.18 bits per heavy atom. The summed E-state index contributed by atoms with van der Waals surface area (Å²) < 4.78 is 0. The summed E-state index contributed by atoms with van der Waals surface area (Å²) >= 11 is 6.44. The van der Waals surface area contributed by atoms with E-state index < -0.39 is 0 Å². The van der Waals surface area contributed by atoms with Crippen LogP contribution in [0.15, 0.2) is 71.2 Å². The fourth-order valence-corrected chi connectivity index (χ4v) is 3.51. The van der Waals surface area contributed by atoms with Crippen molar-refractivity contribution in [3.05, 3.63) is 77.4 Å². The topological polar surface area (TPSA) is 77.5 Å². The third-order valence-corrected chi connectivity index (χ3v) is 5.22. The molecular weight excluding hydrogens is 446 g/mol. The average molecular weight is 482 g/mol. The third-order valence-electron chi connectivity index (χ3n) is 4.82. The van der Waals surface area contributed by atoms with E-state index in [-0.39, 0.29) is 18.2 Å². The van der Waals surface area contributed by atoms with Gasteiger partial charge in [-0.25, -0.2) is 9.79 Å². The van der Waals surface area contributed by atoms with E-state index in [1.54, 1.807) is 6.08 Å². The van der Waals surface area contributed by atoms with E-state index in [0.717, 1.165) is 35.5 Å². The maximum Gasteiger partial charge on any atom is 0.319 e. The van der Waals surface area contributed by atoms with Gasteiger partial charge in [-0.1, -0.05) is 35.9 Å².